The van der Waals surface area contributed by atoms with Crippen LogP contribution in [0.4, 0.5) is 5.82 Å². The first-order chi connectivity index (χ1) is 9.29. The molecule has 3 heterocycles. The highest BCUT2D eigenvalue weighted by atomic mass is 16.3. The van der Waals surface area contributed by atoms with Crippen molar-refractivity contribution in [3.05, 3.63) is 12.5 Å². The van der Waals surface area contributed by atoms with E-state index in [0.717, 1.165) is 36.2 Å². The minimum atomic E-state index is -0.300. The third-order valence-electron chi connectivity index (χ3n) is 3.42. The Balaban J connectivity index is 1.99. The molecule has 7 heteroatoms. The van der Waals surface area contributed by atoms with Gasteiger partial charge in [0, 0.05) is 13.1 Å². The molecule has 0 saturated carbocycles. The Bertz CT molecular complexity index is 570. The lowest BCUT2D eigenvalue weighted by atomic mass is 10.1. The summed E-state index contributed by atoms with van der Waals surface area (Å²) in [4.78, 5) is 10.6. The lowest BCUT2D eigenvalue weighted by Gasteiger charge is -2.31. The van der Waals surface area contributed by atoms with E-state index in [1.165, 1.54) is 6.33 Å². The summed E-state index contributed by atoms with van der Waals surface area (Å²) >= 11 is 0. The van der Waals surface area contributed by atoms with Crippen LogP contribution in [0.1, 0.15) is 12.8 Å². The van der Waals surface area contributed by atoms with E-state index in [9.17, 15) is 5.11 Å². The predicted octanol–water partition coefficient (Wildman–Crippen LogP) is -0.220. The van der Waals surface area contributed by atoms with Crippen molar-refractivity contribution in [3.8, 4) is 0 Å². The fourth-order valence-corrected chi connectivity index (χ4v) is 2.54. The predicted molar refractivity (Wildman–Crippen MR) is 69.9 cm³/mol. The van der Waals surface area contributed by atoms with Gasteiger partial charge in [-0.1, -0.05) is 0 Å². The quantitative estimate of drug-likeness (QED) is 0.796. The summed E-state index contributed by atoms with van der Waals surface area (Å²) < 4.78 is 1.67. The molecule has 1 aliphatic heterocycles. The monoisotopic (exact) mass is 263 g/mol. The Morgan fingerprint density at radius 3 is 3.05 bits per heavy atom. The number of aliphatic hydroxyl groups excluding tert-OH is 2. The Morgan fingerprint density at radius 1 is 1.37 bits per heavy atom. The first-order valence-corrected chi connectivity index (χ1v) is 6.50. The fraction of sp³-hybridized carbons (Fsp3) is 0.583. The maximum atomic E-state index is 9.76. The molecule has 1 fully saturated rings. The van der Waals surface area contributed by atoms with Gasteiger partial charge in [0.05, 0.1) is 30.8 Å². The van der Waals surface area contributed by atoms with Crippen LogP contribution >= 0.6 is 0 Å². The van der Waals surface area contributed by atoms with Gasteiger partial charge in [0.2, 0.25) is 0 Å². The van der Waals surface area contributed by atoms with Gasteiger partial charge in [0.15, 0.2) is 5.65 Å². The number of hydrogen-bond donors (Lipinski definition) is 2. The van der Waals surface area contributed by atoms with Gasteiger partial charge in [-0.3, -0.25) is 0 Å². The molecule has 0 aromatic carbocycles. The van der Waals surface area contributed by atoms with Crippen LogP contribution in [0.25, 0.3) is 11.0 Å². The maximum Gasteiger partial charge on any atom is 0.163 e. The molecule has 1 aliphatic rings. The summed E-state index contributed by atoms with van der Waals surface area (Å²) in [6.45, 7) is 1.92. The van der Waals surface area contributed by atoms with Crippen LogP contribution in [-0.2, 0) is 6.54 Å². The number of rotatable bonds is 3. The third-order valence-corrected chi connectivity index (χ3v) is 3.42. The first-order valence-electron chi connectivity index (χ1n) is 6.50. The minimum Gasteiger partial charge on any atom is -0.394 e. The van der Waals surface area contributed by atoms with Crippen molar-refractivity contribution in [3.63, 3.8) is 0 Å². The number of aromatic nitrogens is 4. The zero-order valence-corrected chi connectivity index (χ0v) is 10.6. The van der Waals surface area contributed by atoms with Crippen LogP contribution in [0, 0.1) is 0 Å². The van der Waals surface area contributed by atoms with Crippen molar-refractivity contribution < 1.29 is 10.2 Å². The van der Waals surface area contributed by atoms with Gasteiger partial charge in [-0.2, -0.15) is 5.10 Å². The molecule has 1 saturated heterocycles. The minimum absolute atomic E-state index is 0.0263. The Labute approximate surface area is 110 Å². The van der Waals surface area contributed by atoms with Gasteiger partial charge in [0.25, 0.3) is 0 Å². The average Bonchev–Trinajstić information content (AvgIpc) is 2.83. The highest BCUT2D eigenvalue weighted by Crippen LogP contribution is 2.25. The molecule has 19 heavy (non-hydrogen) atoms. The second kappa shape index (κ2) is 5.10. The van der Waals surface area contributed by atoms with Crippen LogP contribution in [-0.4, -0.2) is 55.8 Å². The van der Waals surface area contributed by atoms with E-state index in [-0.39, 0.29) is 12.7 Å². The molecule has 0 aliphatic carbocycles. The van der Waals surface area contributed by atoms with E-state index in [1.54, 1.807) is 10.9 Å². The van der Waals surface area contributed by atoms with E-state index < -0.39 is 0 Å². The van der Waals surface area contributed by atoms with Gasteiger partial charge >= 0.3 is 0 Å². The molecule has 0 radical (unpaired) electrons. The molecular weight excluding hydrogens is 246 g/mol. The number of aliphatic hydroxyl groups is 2. The number of fused-ring (bicyclic) bond motifs is 1. The van der Waals surface area contributed by atoms with Gasteiger partial charge in [-0.15, -0.1) is 0 Å². The molecule has 0 amide bonds. The van der Waals surface area contributed by atoms with Crippen molar-refractivity contribution in [1.29, 1.82) is 0 Å². The Hall–Kier alpha value is -1.73. The molecular formula is C12H17N5O2. The highest BCUT2D eigenvalue weighted by Gasteiger charge is 2.21. The van der Waals surface area contributed by atoms with Crippen molar-refractivity contribution in [1.82, 2.24) is 19.7 Å². The average molecular weight is 263 g/mol. The maximum absolute atomic E-state index is 9.76. The Morgan fingerprint density at radius 2 is 2.26 bits per heavy atom. The lowest BCUT2D eigenvalue weighted by Crippen LogP contribution is -2.38. The van der Waals surface area contributed by atoms with E-state index >= 15 is 0 Å². The Kier molecular flexibility index (Phi) is 3.31. The third kappa shape index (κ3) is 2.26. The van der Waals surface area contributed by atoms with Crippen LogP contribution < -0.4 is 4.90 Å². The summed E-state index contributed by atoms with van der Waals surface area (Å²) in [5.41, 5.74) is 0.721. The molecule has 102 valence electrons. The normalized spacial score (nSPS) is 20.1. The van der Waals surface area contributed by atoms with E-state index in [4.69, 9.17) is 5.11 Å². The summed E-state index contributed by atoms with van der Waals surface area (Å²) in [6.07, 6.45) is 4.73. The smallest absolute Gasteiger partial charge is 0.163 e. The summed E-state index contributed by atoms with van der Waals surface area (Å²) in [5, 5.41) is 23.9. The van der Waals surface area contributed by atoms with E-state index in [1.807, 2.05) is 0 Å². The SMILES string of the molecule is OCCn1ncc2c(N3CCCC(O)C3)ncnc21. The highest BCUT2D eigenvalue weighted by molar-refractivity contribution is 5.86. The molecule has 3 rings (SSSR count). The van der Waals surface area contributed by atoms with Crippen LogP contribution in [0.3, 0.4) is 0 Å². The number of β-amino-alcohol motifs (C(OH)–C–C–N with tert-alkyl or cyclic N) is 1. The van der Waals surface area contributed by atoms with Crippen molar-refractivity contribution in [2.45, 2.75) is 25.5 Å². The zero-order chi connectivity index (χ0) is 13.2. The largest absolute Gasteiger partial charge is 0.394 e. The molecule has 2 N–H and O–H groups in total. The molecule has 0 bridgehead atoms. The van der Waals surface area contributed by atoms with Crippen molar-refractivity contribution >= 4 is 16.9 Å². The van der Waals surface area contributed by atoms with Gasteiger partial charge in [-0.25, -0.2) is 14.6 Å². The lowest BCUT2D eigenvalue weighted by molar-refractivity contribution is 0.154. The molecule has 0 spiro atoms. The fourth-order valence-electron chi connectivity index (χ4n) is 2.54. The van der Waals surface area contributed by atoms with Gasteiger partial charge < -0.3 is 15.1 Å². The standard InChI is InChI=1S/C12H17N5O2/c18-5-4-17-12-10(6-15-17)11(13-8-14-12)16-3-1-2-9(19)7-16/h6,8-9,18-19H,1-5,7H2. The molecule has 2 aromatic rings. The van der Waals surface area contributed by atoms with Crippen LogP contribution in [0.2, 0.25) is 0 Å². The second-order valence-corrected chi connectivity index (χ2v) is 4.77. The second-order valence-electron chi connectivity index (χ2n) is 4.77. The summed E-state index contributed by atoms with van der Waals surface area (Å²) in [5.74, 6) is 0.813. The molecule has 2 aromatic heterocycles. The molecule has 7 nitrogen and oxygen atoms in total. The first kappa shape index (κ1) is 12.3. The van der Waals surface area contributed by atoms with Gasteiger partial charge in [0.1, 0.15) is 12.1 Å². The van der Waals surface area contributed by atoms with Crippen LogP contribution in [0.5, 0.6) is 0 Å². The van der Waals surface area contributed by atoms with Gasteiger partial charge in [-0.05, 0) is 12.8 Å². The number of hydrogen-bond acceptors (Lipinski definition) is 6. The van der Waals surface area contributed by atoms with E-state index in [2.05, 4.69) is 20.0 Å². The molecule has 1 atom stereocenters. The number of nitrogens with zero attached hydrogens (tertiary/aromatic N) is 5. The number of anilines is 1. The molecule has 1 unspecified atom stereocenters. The van der Waals surface area contributed by atoms with Crippen molar-refractivity contribution in [2.24, 2.45) is 0 Å². The van der Waals surface area contributed by atoms with Crippen LogP contribution in [0.15, 0.2) is 12.5 Å². The number of piperidine rings is 1. The van der Waals surface area contributed by atoms with Crippen molar-refractivity contribution in [2.75, 3.05) is 24.6 Å². The topological polar surface area (TPSA) is 87.3 Å². The summed E-state index contributed by atoms with van der Waals surface area (Å²) in [6, 6.07) is 0. The van der Waals surface area contributed by atoms with E-state index in [0.29, 0.717) is 13.1 Å². The summed E-state index contributed by atoms with van der Waals surface area (Å²) in [7, 11) is 0. The zero-order valence-electron chi connectivity index (χ0n) is 10.6.